The number of aromatic nitrogens is 2. The van der Waals surface area contributed by atoms with E-state index in [-0.39, 0.29) is 11.8 Å². The summed E-state index contributed by atoms with van der Waals surface area (Å²) in [5, 5.41) is 7.36. The highest BCUT2D eigenvalue weighted by Gasteiger charge is 2.23. The molecule has 0 radical (unpaired) electrons. The zero-order chi connectivity index (χ0) is 33.6. The number of benzene rings is 2. The van der Waals surface area contributed by atoms with E-state index in [9.17, 15) is 9.59 Å². The van der Waals surface area contributed by atoms with Crippen LogP contribution in [0.25, 0.3) is 33.6 Å². The lowest BCUT2D eigenvalue weighted by Crippen LogP contribution is -2.24. The van der Waals surface area contributed by atoms with Gasteiger partial charge in [0.1, 0.15) is 5.78 Å². The van der Waals surface area contributed by atoms with Crippen molar-refractivity contribution in [1.82, 2.24) is 20.6 Å². The van der Waals surface area contributed by atoms with Crippen LogP contribution in [0.5, 0.6) is 11.8 Å². The van der Waals surface area contributed by atoms with Gasteiger partial charge in [0.15, 0.2) is 0 Å². The summed E-state index contributed by atoms with van der Waals surface area (Å²) in [6, 6.07) is 19.6. The second-order valence-electron chi connectivity index (χ2n) is 12.6. The quantitative estimate of drug-likeness (QED) is 0.148. The van der Waals surface area contributed by atoms with Crippen molar-refractivity contribution in [3.8, 4) is 45.4 Å². The molecule has 0 bridgehead atoms. The average molecular weight is 688 g/mol. The van der Waals surface area contributed by atoms with E-state index in [2.05, 4.69) is 16.7 Å². The van der Waals surface area contributed by atoms with Crippen LogP contribution in [-0.4, -0.2) is 49.0 Å². The number of hydrogen-bond donors (Lipinski definition) is 2. The topological polar surface area (TPSA) is 102 Å². The zero-order valence-electron chi connectivity index (χ0n) is 27.3. The smallest absolute Gasteiger partial charge is 0.220 e. The van der Waals surface area contributed by atoms with Gasteiger partial charge in [-0.2, -0.15) is 0 Å². The van der Waals surface area contributed by atoms with E-state index < -0.39 is 0 Å². The van der Waals surface area contributed by atoms with E-state index in [0.29, 0.717) is 64.4 Å². The van der Waals surface area contributed by atoms with Gasteiger partial charge in [0.2, 0.25) is 17.7 Å². The minimum Gasteiger partial charge on any atom is -0.481 e. The number of methoxy groups -OCH3 is 2. The van der Waals surface area contributed by atoms with Crippen molar-refractivity contribution in [1.29, 1.82) is 0 Å². The predicted molar refractivity (Wildman–Crippen MR) is 190 cm³/mol. The van der Waals surface area contributed by atoms with Gasteiger partial charge in [0, 0.05) is 72.3 Å². The fourth-order valence-electron chi connectivity index (χ4n) is 6.73. The maximum atomic E-state index is 11.6. The first-order valence-corrected chi connectivity index (χ1v) is 17.2. The van der Waals surface area contributed by atoms with Gasteiger partial charge in [-0.15, -0.1) is 0 Å². The number of nitrogens with one attached hydrogen (secondary N) is 2. The number of pyridine rings is 2. The van der Waals surface area contributed by atoms with Gasteiger partial charge in [-0.1, -0.05) is 71.7 Å². The summed E-state index contributed by atoms with van der Waals surface area (Å²) in [5.41, 5.74) is 6.45. The molecule has 8 nitrogen and oxygen atoms in total. The number of ketones is 1. The van der Waals surface area contributed by atoms with Gasteiger partial charge in [-0.25, -0.2) is 9.97 Å². The molecule has 48 heavy (non-hydrogen) atoms. The highest BCUT2D eigenvalue weighted by atomic mass is 35.5. The molecule has 2 aliphatic rings. The van der Waals surface area contributed by atoms with Crippen molar-refractivity contribution >= 4 is 34.9 Å². The monoisotopic (exact) mass is 686 g/mol. The fourth-order valence-corrected chi connectivity index (χ4v) is 7.38. The van der Waals surface area contributed by atoms with Gasteiger partial charge < -0.3 is 20.1 Å². The summed E-state index contributed by atoms with van der Waals surface area (Å²) in [5.74, 6) is 2.37. The second kappa shape index (κ2) is 15.5. The van der Waals surface area contributed by atoms with E-state index in [1.54, 1.807) is 14.2 Å². The Morgan fingerprint density at radius 1 is 0.792 bits per heavy atom. The first-order valence-electron chi connectivity index (χ1n) is 16.5. The van der Waals surface area contributed by atoms with E-state index in [0.717, 1.165) is 78.5 Å². The molecule has 2 aromatic heterocycles. The Morgan fingerprint density at radius 2 is 1.40 bits per heavy atom. The van der Waals surface area contributed by atoms with Crippen molar-refractivity contribution in [3.05, 3.63) is 81.8 Å². The number of rotatable bonds is 13. The van der Waals surface area contributed by atoms with Crippen molar-refractivity contribution in [3.63, 3.8) is 0 Å². The lowest BCUT2D eigenvalue weighted by atomic mass is 9.97. The van der Waals surface area contributed by atoms with Crippen LogP contribution in [0.2, 0.25) is 10.0 Å². The molecule has 1 saturated heterocycles. The lowest BCUT2D eigenvalue weighted by Gasteiger charge is -2.16. The molecule has 2 fully saturated rings. The Hall–Kier alpha value is -3.98. The molecule has 250 valence electrons. The molecule has 2 atom stereocenters. The number of Topliss-reactive ketones (excluding diaryl/α,β-unsaturated/α-hetero) is 1. The molecule has 0 unspecified atom stereocenters. The Morgan fingerprint density at radius 3 is 1.96 bits per heavy atom. The van der Waals surface area contributed by atoms with E-state index in [1.807, 2.05) is 54.6 Å². The summed E-state index contributed by atoms with van der Waals surface area (Å²) in [4.78, 5) is 32.8. The maximum absolute atomic E-state index is 11.6. The average Bonchev–Trinajstić information content (AvgIpc) is 3.72. The molecule has 1 aliphatic heterocycles. The molecule has 10 heteroatoms. The van der Waals surface area contributed by atoms with Crippen LogP contribution in [-0.2, 0) is 22.6 Å². The fraction of sp³-hybridized carbons (Fsp3) is 0.368. The standard InChI is InChI=1S/C38H40Cl2N4O4/c1-47-37-25(7-3-6-23-12-15-27(45)18-23)13-16-32(43-37)30-10-4-8-28(35(30)39)29-9-5-11-31(36(29)40)33-17-14-26(38(44-33)48-2)22-41-20-24-19-34(46)42-21-24/h4-5,8-11,13-14,16-17,23-24,41H,3,6-7,12,15,18-22H2,1-2H3,(H,42,46)/t23-,24-/m0/s1. The summed E-state index contributed by atoms with van der Waals surface area (Å²) in [7, 11) is 3.24. The Balaban J connectivity index is 1.20. The van der Waals surface area contributed by atoms with E-state index >= 15 is 0 Å². The zero-order valence-corrected chi connectivity index (χ0v) is 28.8. The first kappa shape index (κ1) is 33.9. The molecule has 2 aromatic carbocycles. The third-order valence-corrected chi connectivity index (χ3v) is 10.1. The lowest BCUT2D eigenvalue weighted by molar-refractivity contribution is -0.119. The van der Waals surface area contributed by atoms with E-state index in [1.165, 1.54) is 0 Å². The molecule has 4 aromatic rings. The van der Waals surface area contributed by atoms with E-state index in [4.69, 9.17) is 42.6 Å². The molecule has 1 saturated carbocycles. The van der Waals surface area contributed by atoms with Crippen LogP contribution in [0.1, 0.15) is 49.7 Å². The number of halogens is 2. The van der Waals surface area contributed by atoms with Crippen LogP contribution in [0.3, 0.4) is 0 Å². The van der Waals surface area contributed by atoms with Crippen molar-refractivity contribution in [2.45, 2.75) is 51.5 Å². The molecule has 1 amide bonds. The third-order valence-electron chi connectivity index (χ3n) is 9.32. The Kier molecular flexibility index (Phi) is 10.9. The third kappa shape index (κ3) is 7.67. The summed E-state index contributed by atoms with van der Waals surface area (Å²) in [6.07, 6.45) is 5.86. The van der Waals surface area contributed by atoms with Crippen LogP contribution in [0, 0.1) is 11.8 Å². The normalized spacial score (nSPS) is 17.5. The highest BCUT2D eigenvalue weighted by molar-refractivity contribution is 6.39. The summed E-state index contributed by atoms with van der Waals surface area (Å²) >= 11 is 14.2. The van der Waals surface area contributed by atoms with Crippen LogP contribution in [0.15, 0.2) is 60.7 Å². The minimum atomic E-state index is 0.102. The molecule has 6 rings (SSSR count). The van der Waals surface area contributed by atoms with Gasteiger partial charge in [-0.05, 0) is 49.7 Å². The van der Waals surface area contributed by atoms with Crippen LogP contribution < -0.4 is 20.1 Å². The van der Waals surface area contributed by atoms with Crippen molar-refractivity contribution < 1.29 is 19.1 Å². The molecule has 0 spiro atoms. The summed E-state index contributed by atoms with van der Waals surface area (Å²) in [6.45, 7) is 2.00. The SMILES string of the molecule is COc1nc(-c2cccc(-c3cccc(-c4ccc(CNC[C@H]5CNC(=O)C5)c(OC)n4)c3Cl)c2Cl)ccc1CCC[C@H]1CCC(=O)C1. The molecule has 3 heterocycles. The number of nitrogens with zero attached hydrogens (tertiary/aromatic N) is 2. The molecular weight excluding hydrogens is 647 g/mol. The molecular formula is C38H40Cl2N4O4. The van der Waals surface area contributed by atoms with Gasteiger partial charge >= 0.3 is 0 Å². The van der Waals surface area contributed by atoms with Crippen LogP contribution in [0.4, 0.5) is 0 Å². The number of carbonyl (C=O) groups is 2. The molecule has 1 aliphatic carbocycles. The highest BCUT2D eigenvalue weighted by Crippen LogP contribution is 2.42. The van der Waals surface area contributed by atoms with Gasteiger partial charge in [-0.3, -0.25) is 9.59 Å². The minimum absolute atomic E-state index is 0.102. The predicted octanol–water partition coefficient (Wildman–Crippen LogP) is 7.72. The largest absolute Gasteiger partial charge is 0.481 e. The number of ether oxygens (including phenoxy) is 2. The number of aryl methyl sites for hydroxylation is 1. The first-order chi connectivity index (χ1) is 23.3. The number of carbonyl (C=O) groups excluding carboxylic acids is 2. The molecule has 2 N–H and O–H groups in total. The van der Waals surface area contributed by atoms with Gasteiger partial charge in [0.05, 0.1) is 35.7 Å². The number of hydrogen-bond acceptors (Lipinski definition) is 7. The van der Waals surface area contributed by atoms with Gasteiger partial charge in [0.25, 0.3) is 0 Å². The Labute approximate surface area is 291 Å². The Bertz CT molecular complexity index is 1680. The van der Waals surface area contributed by atoms with Crippen LogP contribution >= 0.6 is 23.2 Å². The summed E-state index contributed by atoms with van der Waals surface area (Å²) < 4.78 is 11.3. The maximum Gasteiger partial charge on any atom is 0.220 e. The number of amides is 1. The van der Waals surface area contributed by atoms with Crippen molar-refractivity contribution in [2.24, 2.45) is 11.8 Å². The van der Waals surface area contributed by atoms with Crippen molar-refractivity contribution in [2.75, 3.05) is 27.3 Å². The second-order valence-corrected chi connectivity index (χ2v) is 13.4.